The summed E-state index contributed by atoms with van der Waals surface area (Å²) in [4.78, 5) is 13.3. The molecule has 0 saturated heterocycles. The Morgan fingerprint density at radius 2 is 1.71 bits per heavy atom. The Balaban J connectivity index is 1.62. The second-order valence-corrected chi connectivity index (χ2v) is 10.9. The van der Waals surface area contributed by atoms with Crippen molar-refractivity contribution in [3.05, 3.63) is 89.0 Å². The maximum absolute atomic E-state index is 13.7. The molecule has 184 valence electrons. The number of sulfonamides is 1. The fourth-order valence-electron chi connectivity index (χ4n) is 4.54. The molecule has 0 saturated carbocycles. The van der Waals surface area contributed by atoms with E-state index in [4.69, 9.17) is 4.74 Å². The minimum Gasteiger partial charge on any atom is -0.495 e. The second-order valence-electron chi connectivity index (χ2n) is 9.02. The third-order valence-electron chi connectivity index (χ3n) is 6.47. The number of hydrogen-bond donors (Lipinski definition) is 1. The van der Waals surface area contributed by atoms with Crippen LogP contribution in [0.5, 0.6) is 5.75 Å². The van der Waals surface area contributed by atoms with Crippen LogP contribution >= 0.6 is 0 Å². The number of carbonyl (C=O) groups is 1. The van der Waals surface area contributed by atoms with Gasteiger partial charge in [0.2, 0.25) is 5.91 Å². The number of aryl methyl sites for hydroxylation is 3. The van der Waals surface area contributed by atoms with Gasteiger partial charge in [-0.15, -0.1) is 0 Å². The van der Waals surface area contributed by atoms with Crippen molar-refractivity contribution >= 4 is 21.6 Å². The maximum Gasteiger partial charge on any atom is 0.264 e. The van der Waals surface area contributed by atoms with Gasteiger partial charge in [0, 0.05) is 0 Å². The van der Waals surface area contributed by atoms with Crippen LogP contribution in [0, 0.1) is 6.92 Å². The molecular formula is C28H32N2O4S. The summed E-state index contributed by atoms with van der Waals surface area (Å²) in [7, 11) is -2.53. The molecule has 0 bridgehead atoms. The molecule has 1 N–H and O–H groups in total. The predicted molar refractivity (Wildman–Crippen MR) is 138 cm³/mol. The lowest BCUT2D eigenvalue weighted by molar-refractivity contribution is -0.120. The fraction of sp³-hybridized carbons (Fsp3) is 0.321. The number of nitrogens with zero attached hydrogens (tertiary/aromatic N) is 1. The van der Waals surface area contributed by atoms with Crippen LogP contribution in [0.1, 0.15) is 48.1 Å². The fourth-order valence-corrected chi connectivity index (χ4v) is 5.98. The predicted octanol–water partition coefficient (Wildman–Crippen LogP) is 4.96. The first-order valence-electron chi connectivity index (χ1n) is 11.9. The van der Waals surface area contributed by atoms with Gasteiger partial charge >= 0.3 is 0 Å². The Morgan fingerprint density at radius 1 is 1.00 bits per heavy atom. The zero-order valence-corrected chi connectivity index (χ0v) is 21.3. The van der Waals surface area contributed by atoms with Gasteiger partial charge in [-0.2, -0.15) is 0 Å². The van der Waals surface area contributed by atoms with Gasteiger partial charge in [0.05, 0.1) is 23.7 Å². The van der Waals surface area contributed by atoms with Crippen LogP contribution in [-0.2, 0) is 27.7 Å². The van der Waals surface area contributed by atoms with E-state index in [0.717, 1.165) is 28.3 Å². The Morgan fingerprint density at radius 3 is 2.43 bits per heavy atom. The number of fused-ring (bicyclic) bond motifs is 1. The van der Waals surface area contributed by atoms with Crippen molar-refractivity contribution in [2.75, 3.05) is 18.0 Å². The van der Waals surface area contributed by atoms with Crippen LogP contribution in [-0.4, -0.2) is 28.0 Å². The standard InChI is InChI=1S/C28H32N2O4S/c1-20-13-16-27(34-3)26(17-20)30(35(32,33)25-11-5-4-6-12-25)19-28(31)29-21(2)23-15-14-22-9-7-8-10-24(22)18-23/h4-6,11-18,21H,7-10,19H2,1-3H3,(H,29,31). The molecule has 0 spiro atoms. The first-order chi connectivity index (χ1) is 16.8. The normalized spacial score (nSPS) is 14.0. The monoisotopic (exact) mass is 492 g/mol. The smallest absolute Gasteiger partial charge is 0.264 e. The Hall–Kier alpha value is -3.32. The number of amides is 1. The van der Waals surface area contributed by atoms with E-state index < -0.39 is 15.9 Å². The maximum atomic E-state index is 13.7. The number of carbonyl (C=O) groups excluding carboxylic acids is 1. The van der Waals surface area contributed by atoms with E-state index in [-0.39, 0.29) is 17.5 Å². The van der Waals surface area contributed by atoms with E-state index in [1.165, 1.54) is 43.2 Å². The molecule has 0 fully saturated rings. The lowest BCUT2D eigenvalue weighted by Crippen LogP contribution is -2.41. The second kappa shape index (κ2) is 10.5. The van der Waals surface area contributed by atoms with E-state index in [9.17, 15) is 13.2 Å². The van der Waals surface area contributed by atoms with Crippen LogP contribution in [0.2, 0.25) is 0 Å². The van der Waals surface area contributed by atoms with Gasteiger partial charge in [0.1, 0.15) is 12.3 Å². The summed E-state index contributed by atoms with van der Waals surface area (Å²) in [6, 6.07) is 19.5. The molecular weight excluding hydrogens is 460 g/mol. The van der Waals surface area contributed by atoms with Crippen LogP contribution in [0.3, 0.4) is 0 Å². The molecule has 4 rings (SSSR count). The molecule has 35 heavy (non-hydrogen) atoms. The van der Waals surface area contributed by atoms with Crippen LogP contribution in [0.4, 0.5) is 5.69 Å². The third kappa shape index (κ3) is 5.51. The van der Waals surface area contributed by atoms with E-state index in [1.807, 2.05) is 19.9 Å². The van der Waals surface area contributed by atoms with Gasteiger partial charge in [0.25, 0.3) is 10.0 Å². The summed E-state index contributed by atoms with van der Waals surface area (Å²) in [5.41, 5.74) is 4.92. The van der Waals surface area contributed by atoms with Gasteiger partial charge in [-0.25, -0.2) is 8.42 Å². The molecule has 0 aromatic heterocycles. The summed E-state index contributed by atoms with van der Waals surface area (Å²) < 4.78 is 33.9. The number of hydrogen-bond acceptors (Lipinski definition) is 4. The van der Waals surface area contributed by atoms with Crippen molar-refractivity contribution in [2.45, 2.75) is 50.5 Å². The highest BCUT2D eigenvalue weighted by atomic mass is 32.2. The Kier molecular flexibility index (Phi) is 7.45. The zero-order chi connectivity index (χ0) is 25.0. The molecule has 1 aliphatic rings. The van der Waals surface area contributed by atoms with Crippen molar-refractivity contribution < 1.29 is 17.9 Å². The van der Waals surface area contributed by atoms with Gasteiger partial charge in [0.15, 0.2) is 0 Å². The number of nitrogens with one attached hydrogen (secondary N) is 1. The molecule has 3 aromatic carbocycles. The molecule has 1 amide bonds. The van der Waals surface area contributed by atoms with E-state index in [2.05, 4.69) is 23.5 Å². The van der Waals surface area contributed by atoms with Gasteiger partial charge < -0.3 is 10.1 Å². The van der Waals surface area contributed by atoms with Crippen LogP contribution < -0.4 is 14.4 Å². The highest BCUT2D eigenvalue weighted by Gasteiger charge is 2.30. The highest BCUT2D eigenvalue weighted by molar-refractivity contribution is 7.92. The van der Waals surface area contributed by atoms with Crippen LogP contribution in [0.25, 0.3) is 0 Å². The molecule has 0 radical (unpaired) electrons. The van der Waals surface area contributed by atoms with Crippen molar-refractivity contribution in [3.63, 3.8) is 0 Å². The summed E-state index contributed by atoms with van der Waals surface area (Å²) >= 11 is 0. The number of ether oxygens (including phenoxy) is 1. The molecule has 0 aliphatic heterocycles. The van der Waals surface area contributed by atoms with E-state index >= 15 is 0 Å². The zero-order valence-electron chi connectivity index (χ0n) is 20.5. The number of benzene rings is 3. The Labute approximate surface area is 208 Å². The summed E-state index contributed by atoms with van der Waals surface area (Å²) in [6.45, 7) is 3.42. The third-order valence-corrected chi connectivity index (χ3v) is 8.25. The van der Waals surface area contributed by atoms with Gasteiger partial charge in [-0.1, -0.05) is 42.5 Å². The number of anilines is 1. The van der Waals surface area contributed by atoms with Crippen molar-refractivity contribution in [3.8, 4) is 5.75 Å². The lowest BCUT2D eigenvalue weighted by Gasteiger charge is -2.27. The first-order valence-corrected chi connectivity index (χ1v) is 13.4. The quantitative estimate of drug-likeness (QED) is 0.483. The number of methoxy groups -OCH3 is 1. The summed E-state index contributed by atoms with van der Waals surface area (Å²) in [6.07, 6.45) is 4.55. The van der Waals surface area contributed by atoms with Crippen molar-refractivity contribution in [1.29, 1.82) is 0 Å². The van der Waals surface area contributed by atoms with Gasteiger partial charge in [-0.3, -0.25) is 9.10 Å². The molecule has 0 heterocycles. The topological polar surface area (TPSA) is 75.7 Å². The molecule has 3 aromatic rings. The van der Waals surface area contributed by atoms with E-state index in [1.54, 1.807) is 30.3 Å². The van der Waals surface area contributed by atoms with Crippen molar-refractivity contribution in [2.24, 2.45) is 0 Å². The number of rotatable bonds is 8. The highest BCUT2D eigenvalue weighted by Crippen LogP contribution is 2.33. The molecule has 1 unspecified atom stereocenters. The average molecular weight is 493 g/mol. The molecule has 7 heteroatoms. The van der Waals surface area contributed by atoms with Crippen LogP contribution in [0.15, 0.2) is 71.6 Å². The lowest BCUT2D eigenvalue weighted by atomic mass is 9.89. The molecule has 6 nitrogen and oxygen atoms in total. The first kappa shape index (κ1) is 24.8. The minimum absolute atomic E-state index is 0.110. The Bertz CT molecular complexity index is 1310. The SMILES string of the molecule is COc1ccc(C)cc1N(CC(=O)NC(C)c1ccc2c(c1)CCCC2)S(=O)(=O)c1ccccc1. The van der Waals surface area contributed by atoms with Crippen molar-refractivity contribution in [1.82, 2.24) is 5.32 Å². The molecule has 1 atom stereocenters. The molecule has 1 aliphatic carbocycles. The largest absolute Gasteiger partial charge is 0.495 e. The minimum atomic E-state index is -4.02. The summed E-state index contributed by atoms with van der Waals surface area (Å²) in [5, 5.41) is 2.99. The average Bonchev–Trinajstić information content (AvgIpc) is 2.87. The summed E-state index contributed by atoms with van der Waals surface area (Å²) in [5.74, 6) is -0.0103. The van der Waals surface area contributed by atoms with E-state index in [0.29, 0.717) is 11.4 Å². The van der Waals surface area contributed by atoms with Gasteiger partial charge in [-0.05, 0) is 86.1 Å².